The van der Waals surface area contributed by atoms with Crippen molar-refractivity contribution in [3.8, 4) is 5.69 Å². The van der Waals surface area contributed by atoms with Gasteiger partial charge in [-0.15, -0.1) is 11.3 Å². The number of aryl methyl sites for hydroxylation is 2. The van der Waals surface area contributed by atoms with E-state index in [0.717, 1.165) is 42.2 Å². The van der Waals surface area contributed by atoms with E-state index < -0.39 is 17.9 Å². The molecule has 4 aromatic rings. The number of benzene rings is 2. The second-order valence-electron chi connectivity index (χ2n) is 8.34. The number of aromatic nitrogens is 2. The van der Waals surface area contributed by atoms with Crippen molar-refractivity contribution in [1.82, 2.24) is 14.9 Å². The Morgan fingerprint density at radius 2 is 1.80 bits per heavy atom. The average Bonchev–Trinajstić information content (AvgIpc) is 3.44. The van der Waals surface area contributed by atoms with Crippen LogP contribution in [0.1, 0.15) is 22.4 Å². The molecule has 0 bridgehead atoms. The number of amides is 1. The van der Waals surface area contributed by atoms with E-state index in [4.69, 9.17) is 4.98 Å². The Labute approximate surface area is 209 Å². The number of carboxylic acids is 1. The summed E-state index contributed by atoms with van der Waals surface area (Å²) >= 11 is 2.69. The van der Waals surface area contributed by atoms with E-state index >= 15 is 0 Å². The summed E-state index contributed by atoms with van der Waals surface area (Å²) in [6.07, 6.45) is 3.08. The first kappa shape index (κ1) is 23.3. The molecule has 2 N–H and O–H groups in total. The van der Waals surface area contributed by atoms with E-state index in [1.54, 1.807) is 15.9 Å². The molecule has 1 atom stereocenters. The Bertz CT molecular complexity index is 1450. The van der Waals surface area contributed by atoms with E-state index in [0.29, 0.717) is 21.1 Å². The number of carbonyl (C=O) groups excluding carboxylic acids is 1. The number of thiophene rings is 1. The summed E-state index contributed by atoms with van der Waals surface area (Å²) in [6, 6.07) is 17.4. The first-order chi connectivity index (χ1) is 17.0. The fraction of sp³-hybridized carbons (Fsp3) is 0.231. The lowest BCUT2D eigenvalue weighted by Gasteiger charge is -2.15. The predicted molar refractivity (Wildman–Crippen MR) is 138 cm³/mol. The molecule has 0 aliphatic heterocycles. The summed E-state index contributed by atoms with van der Waals surface area (Å²) in [5.74, 6) is -1.59. The third-order valence-electron chi connectivity index (χ3n) is 5.97. The summed E-state index contributed by atoms with van der Waals surface area (Å²) < 4.78 is 1.56. The van der Waals surface area contributed by atoms with Crippen LogP contribution in [0.4, 0.5) is 0 Å². The molecule has 0 unspecified atom stereocenters. The lowest BCUT2D eigenvalue weighted by molar-refractivity contribution is -0.141. The minimum Gasteiger partial charge on any atom is -0.480 e. The van der Waals surface area contributed by atoms with E-state index in [9.17, 15) is 19.5 Å². The molecule has 5 rings (SSSR count). The number of hydrogen-bond acceptors (Lipinski definition) is 6. The van der Waals surface area contributed by atoms with Gasteiger partial charge in [-0.1, -0.05) is 60.3 Å². The Balaban J connectivity index is 1.41. The highest BCUT2D eigenvalue weighted by Crippen LogP contribution is 2.36. The summed E-state index contributed by atoms with van der Waals surface area (Å²) in [6.45, 7) is 0. The lowest BCUT2D eigenvalue weighted by atomic mass is 10.1. The summed E-state index contributed by atoms with van der Waals surface area (Å²) in [5, 5.41) is 13.3. The number of nitrogens with zero attached hydrogens (tertiary/aromatic N) is 2. The van der Waals surface area contributed by atoms with Gasteiger partial charge in [0.05, 0.1) is 16.8 Å². The monoisotopic (exact) mass is 505 g/mol. The Hall–Kier alpha value is -3.43. The van der Waals surface area contributed by atoms with Crippen molar-refractivity contribution in [2.24, 2.45) is 0 Å². The number of hydrogen-bond donors (Lipinski definition) is 2. The van der Waals surface area contributed by atoms with E-state index in [-0.39, 0.29) is 17.7 Å². The van der Waals surface area contributed by atoms with Crippen molar-refractivity contribution in [2.75, 3.05) is 5.75 Å². The maximum absolute atomic E-state index is 13.6. The standard InChI is InChI=1S/C26H23N3O4S2/c30-21(27-19(25(32)33)14-16-8-3-1-4-9-16)15-34-26-28-23-22(18-12-7-13-20(18)35-23)24(31)29(26)17-10-5-2-6-11-17/h1-6,8-11,19H,7,12-15H2,(H,27,30)(H,32,33)/t19-/m0/s1. The van der Waals surface area contributed by atoms with E-state index in [1.165, 1.54) is 4.88 Å². The van der Waals surface area contributed by atoms with Crippen molar-refractivity contribution in [3.63, 3.8) is 0 Å². The predicted octanol–water partition coefficient (Wildman–Crippen LogP) is 3.84. The molecule has 0 saturated heterocycles. The Morgan fingerprint density at radius 3 is 2.51 bits per heavy atom. The highest BCUT2D eigenvalue weighted by Gasteiger charge is 2.25. The molecule has 178 valence electrons. The average molecular weight is 506 g/mol. The smallest absolute Gasteiger partial charge is 0.326 e. The molecule has 1 amide bonds. The highest BCUT2D eigenvalue weighted by atomic mass is 32.2. The van der Waals surface area contributed by atoms with Crippen molar-refractivity contribution in [3.05, 3.63) is 87.0 Å². The molecule has 0 fully saturated rings. The largest absolute Gasteiger partial charge is 0.480 e. The van der Waals surface area contributed by atoms with Gasteiger partial charge in [0.15, 0.2) is 5.16 Å². The summed E-state index contributed by atoms with van der Waals surface area (Å²) in [5.41, 5.74) is 2.48. The van der Waals surface area contributed by atoms with Crippen LogP contribution in [0.5, 0.6) is 0 Å². The van der Waals surface area contributed by atoms with Gasteiger partial charge >= 0.3 is 5.97 Å². The fourth-order valence-electron chi connectivity index (χ4n) is 4.34. The summed E-state index contributed by atoms with van der Waals surface area (Å²) in [4.78, 5) is 44.8. The van der Waals surface area contributed by atoms with Crippen molar-refractivity contribution < 1.29 is 14.7 Å². The van der Waals surface area contributed by atoms with Crippen LogP contribution in [-0.4, -0.2) is 38.3 Å². The van der Waals surface area contributed by atoms with E-state index in [1.807, 2.05) is 60.7 Å². The summed E-state index contributed by atoms with van der Waals surface area (Å²) in [7, 11) is 0. The maximum atomic E-state index is 13.6. The minimum absolute atomic E-state index is 0.0611. The molecular formula is C26H23N3O4S2. The van der Waals surface area contributed by atoms with Gasteiger partial charge in [-0.3, -0.25) is 14.2 Å². The number of carboxylic acid groups (broad SMARTS) is 1. The first-order valence-electron chi connectivity index (χ1n) is 11.3. The SMILES string of the molecule is O=C(CSc1nc2sc3c(c2c(=O)n1-c1ccccc1)CCC3)N[C@@H](Cc1ccccc1)C(=O)O. The lowest BCUT2D eigenvalue weighted by Crippen LogP contribution is -2.43. The van der Waals surface area contributed by atoms with Crippen LogP contribution >= 0.6 is 23.1 Å². The molecule has 0 spiro atoms. The number of rotatable bonds is 8. The molecule has 0 radical (unpaired) electrons. The fourth-order valence-corrected chi connectivity index (χ4v) is 6.47. The van der Waals surface area contributed by atoms with Crippen molar-refractivity contribution in [2.45, 2.75) is 36.9 Å². The third kappa shape index (κ3) is 4.87. The van der Waals surface area contributed by atoms with Crippen LogP contribution in [0.2, 0.25) is 0 Å². The molecule has 1 aliphatic carbocycles. The van der Waals surface area contributed by atoms with Gasteiger partial charge in [0.25, 0.3) is 5.56 Å². The Morgan fingerprint density at radius 1 is 1.09 bits per heavy atom. The van der Waals surface area contributed by atoms with Gasteiger partial charge in [0.1, 0.15) is 10.9 Å². The van der Waals surface area contributed by atoms with Gasteiger partial charge in [-0.05, 0) is 42.5 Å². The zero-order valence-corrected chi connectivity index (χ0v) is 20.4. The molecule has 2 aromatic heterocycles. The minimum atomic E-state index is -1.10. The zero-order valence-electron chi connectivity index (χ0n) is 18.8. The van der Waals surface area contributed by atoms with E-state index in [2.05, 4.69) is 5.32 Å². The number of nitrogens with one attached hydrogen (secondary N) is 1. The molecule has 9 heteroatoms. The quantitative estimate of drug-likeness (QED) is 0.279. The first-order valence-corrected chi connectivity index (χ1v) is 13.1. The molecule has 1 aliphatic rings. The number of carbonyl (C=O) groups is 2. The van der Waals surface area contributed by atoms with Gasteiger partial charge in [-0.2, -0.15) is 0 Å². The van der Waals surface area contributed by atoms with Crippen LogP contribution in [0.25, 0.3) is 15.9 Å². The maximum Gasteiger partial charge on any atom is 0.326 e. The molecule has 2 heterocycles. The van der Waals surface area contributed by atoms with Crippen molar-refractivity contribution >= 4 is 45.2 Å². The topological polar surface area (TPSA) is 101 Å². The number of thioether (sulfide) groups is 1. The highest BCUT2D eigenvalue weighted by molar-refractivity contribution is 7.99. The van der Waals surface area contributed by atoms with Gasteiger partial charge in [-0.25, -0.2) is 9.78 Å². The molecule has 7 nitrogen and oxygen atoms in total. The van der Waals surface area contributed by atoms with Crippen LogP contribution < -0.4 is 10.9 Å². The molecule has 0 saturated carbocycles. The van der Waals surface area contributed by atoms with Gasteiger partial charge < -0.3 is 10.4 Å². The zero-order chi connectivity index (χ0) is 24.4. The van der Waals surface area contributed by atoms with Crippen LogP contribution in [-0.2, 0) is 28.9 Å². The molecular weight excluding hydrogens is 482 g/mol. The number of fused-ring (bicyclic) bond motifs is 3. The van der Waals surface area contributed by atoms with Gasteiger partial charge in [0, 0.05) is 11.3 Å². The molecule has 2 aromatic carbocycles. The Kier molecular flexibility index (Phi) is 6.70. The number of aliphatic carboxylic acids is 1. The van der Waals surface area contributed by atoms with Crippen LogP contribution in [0, 0.1) is 0 Å². The second-order valence-corrected chi connectivity index (χ2v) is 10.4. The van der Waals surface area contributed by atoms with Gasteiger partial charge in [0.2, 0.25) is 5.91 Å². The van der Waals surface area contributed by atoms with Crippen molar-refractivity contribution in [1.29, 1.82) is 0 Å². The second kappa shape index (κ2) is 10.1. The molecule has 35 heavy (non-hydrogen) atoms. The van der Waals surface area contributed by atoms with Crippen LogP contribution in [0.15, 0.2) is 70.6 Å². The normalized spacial score (nSPS) is 13.5. The van der Waals surface area contributed by atoms with Crippen LogP contribution in [0.3, 0.4) is 0 Å². The third-order valence-corrected chi connectivity index (χ3v) is 8.10. The number of para-hydroxylation sites is 1.